The molecule has 1 saturated heterocycles. The van der Waals surface area contributed by atoms with Crippen molar-refractivity contribution in [2.45, 2.75) is 19.9 Å². The Balaban J connectivity index is 0.000001000. The zero-order valence-corrected chi connectivity index (χ0v) is 7.78. The van der Waals surface area contributed by atoms with Crippen molar-refractivity contribution in [1.29, 1.82) is 0 Å². The van der Waals surface area contributed by atoms with Crippen LogP contribution in [-0.4, -0.2) is 36.5 Å². The number of amides is 1. The minimum Gasteiger partial charge on any atom is -0.340 e. The van der Waals surface area contributed by atoms with E-state index in [1.807, 2.05) is 18.7 Å². The summed E-state index contributed by atoms with van der Waals surface area (Å²) in [5.41, 5.74) is 0. The smallest absolute Gasteiger partial charge is 0.239 e. The molecule has 0 radical (unpaired) electrons. The van der Waals surface area contributed by atoms with Gasteiger partial charge in [0.1, 0.15) is 0 Å². The molecule has 1 fully saturated rings. The van der Waals surface area contributed by atoms with Crippen molar-refractivity contribution in [2.24, 2.45) is 0 Å². The van der Waals surface area contributed by atoms with Crippen molar-refractivity contribution in [3.63, 3.8) is 0 Å². The van der Waals surface area contributed by atoms with Crippen LogP contribution in [0.4, 0.5) is 0 Å². The molecule has 0 bridgehead atoms. The van der Waals surface area contributed by atoms with E-state index >= 15 is 0 Å². The largest absolute Gasteiger partial charge is 0.340 e. The van der Waals surface area contributed by atoms with Gasteiger partial charge in [0.2, 0.25) is 5.91 Å². The van der Waals surface area contributed by atoms with Gasteiger partial charge in [-0.05, 0) is 13.8 Å². The van der Waals surface area contributed by atoms with Crippen LogP contribution in [0.25, 0.3) is 0 Å². The minimum atomic E-state index is 0. The van der Waals surface area contributed by atoms with Crippen molar-refractivity contribution < 1.29 is 4.79 Å². The summed E-state index contributed by atoms with van der Waals surface area (Å²) in [6.07, 6.45) is 0. The van der Waals surface area contributed by atoms with Gasteiger partial charge in [-0.1, -0.05) is 0 Å². The molecule has 0 spiro atoms. The molecule has 1 atom stereocenters. The lowest BCUT2D eigenvalue weighted by Gasteiger charge is -2.30. The van der Waals surface area contributed by atoms with Gasteiger partial charge in [-0.3, -0.25) is 4.79 Å². The van der Waals surface area contributed by atoms with E-state index in [9.17, 15) is 4.79 Å². The van der Waals surface area contributed by atoms with Gasteiger partial charge in [-0.25, -0.2) is 0 Å². The predicted octanol–water partition coefficient (Wildman–Crippen LogP) is 0.248. The molecular weight excluding hydrogens is 164 g/mol. The van der Waals surface area contributed by atoms with Crippen molar-refractivity contribution in [3.05, 3.63) is 0 Å². The van der Waals surface area contributed by atoms with Gasteiger partial charge in [-0.2, -0.15) is 0 Å². The van der Waals surface area contributed by atoms with Gasteiger partial charge >= 0.3 is 0 Å². The lowest BCUT2D eigenvalue weighted by molar-refractivity contribution is -0.134. The standard InChI is InChI=1S/C7H14N2O.ClH/c1-3-9-5-4-8-6(2)7(9)10;/h6,8H,3-5H2,1-2H3;1H/t6-;/m1./s1. The van der Waals surface area contributed by atoms with Gasteiger partial charge < -0.3 is 10.2 Å². The van der Waals surface area contributed by atoms with Gasteiger partial charge in [0.15, 0.2) is 0 Å². The van der Waals surface area contributed by atoms with Crippen molar-refractivity contribution in [1.82, 2.24) is 10.2 Å². The first-order valence-electron chi connectivity index (χ1n) is 3.78. The Hall–Kier alpha value is -0.280. The van der Waals surface area contributed by atoms with Crippen LogP contribution >= 0.6 is 12.4 Å². The molecule has 1 aliphatic rings. The summed E-state index contributed by atoms with van der Waals surface area (Å²) in [6.45, 7) is 6.55. The number of hydrogen-bond donors (Lipinski definition) is 1. The highest BCUT2D eigenvalue weighted by Crippen LogP contribution is 1.98. The quantitative estimate of drug-likeness (QED) is 0.625. The predicted molar refractivity (Wildman–Crippen MR) is 47.0 cm³/mol. The lowest BCUT2D eigenvalue weighted by atomic mass is 10.2. The Kier molecular flexibility index (Phi) is 4.45. The number of carbonyl (C=O) groups excluding carboxylic acids is 1. The fourth-order valence-corrected chi connectivity index (χ4v) is 1.20. The van der Waals surface area contributed by atoms with Gasteiger partial charge in [0, 0.05) is 19.6 Å². The third-order valence-corrected chi connectivity index (χ3v) is 1.90. The summed E-state index contributed by atoms with van der Waals surface area (Å²) in [5, 5.41) is 3.10. The fraction of sp³-hybridized carbons (Fsp3) is 0.857. The molecule has 0 aromatic heterocycles. The molecule has 1 rings (SSSR count). The summed E-state index contributed by atoms with van der Waals surface area (Å²) in [5.74, 6) is 0.230. The molecule has 1 N–H and O–H groups in total. The van der Waals surface area contributed by atoms with Crippen LogP contribution in [0.2, 0.25) is 0 Å². The number of carbonyl (C=O) groups is 1. The van der Waals surface area contributed by atoms with Crippen LogP contribution in [0.15, 0.2) is 0 Å². The Bertz CT molecular complexity index is 140. The van der Waals surface area contributed by atoms with E-state index in [0.717, 1.165) is 19.6 Å². The second kappa shape index (κ2) is 4.57. The number of halogens is 1. The highest BCUT2D eigenvalue weighted by atomic mass is 35.5. The summed E-state index contributed by atoms with van der Waals surface area (Å²) < 4.78 is 0. The monoisotopic (exact) mass is 178 g/mol. The van der Waals surface area contributed by atoms with Crippen LogP contribution in [0, 0.1) is 0 Å². The molecule has 1 aliphatic heterocycles. The Morgan fingerprint density at radius 1 is 1.73 bits per heavy atom. The van der Waals surface area contributed by atoms with Crippen molar-refractivity contribution in [2.75, 3.05) is 19.6 Å². The van der Waals surface area contributed by atoms with Crippen LogP contribution in [-0.2, 0) is 4.79 Å². The highest BCUT2D eigenvalue weighted by Gasteiger charge is 2.22. The lowest BCUT2D eigenvalue weighted by Crippen LogP contribution is -2.53. The molecule has 0 saturated carbocycles. The van der Waals surface area contributed by atoms with Crippen LogP contribution in [0.5, 0.6) is 0 Å². The number of nitrogens with one attached hydrogen (secondary N) is 1. The van der Waals surface area contributed by atoms with Crippen LogP contribution < -0.4 is 5.32 Å². The molecule has 11 heavy (non-hydrogen) atoms. The normalized spacial score (nSPS) is 24.7. The maximum absolute atomic E-state index is 11.2. The molecular formula is C7H15ClN2O. The highest BCUT2D eigenvalue weighted by molar-refractivity contribution is 5.85. The number of piperazine rings is 1. The summed E-state index contributed by atoms with van der Waals surface area (Å²) in [7, 11) is 0. The topological polar surface area (TPSA) is 32.3 Å². The zero-order valence-electron chi connectivity index (χ0n) is 6.96. The molecule has 3 nitrogen and oxygen atoms in total. The second-order valence-electron chi connectivity index (χ2n) is 2.59. The Morgan fingerprint density at radius 2 is 2.36 bits per heavy atom. The number of nitrogens with zero attached hydrogens (tertiary/aromatic N) is 1. The fourth-order valence-electron chi connectivity index (χ4n) is 1.20. The maximum atomic E-state index is 11.2. The molecule has 0 aliphatic carbocycles. The average Bonchev–Trinajstić information content (AvgIpc) is 1.95. The SMILES string of the molecule is CCN1CCN[C@H](C)C1=O.Cl. The summed E-state index contributed by atoms with van der Waals surface area (Å²) >= 11 is 0. The minimum absolute atomic E-state index is 0. The van der Waals surface area contributed by atoms with Gasteiger partial charge in [0.25, 0.3) is 0 Å². The number of rotatable bonds is 1. The number of likely N-dealkylation sites (N-methyl/N-ethyl adjacent to an activating group) is 1. The second-order valence-corrected chi connectivity index (χ2v) is 2.59. The molecule has 0 aromatic carbocycles. The van der Waals surface area contributed by atoms with E-state index in [4.69, 9.17) is 0 Å². The van der Waals surface area contributed by atoms with E-state index in [2.05, 4.69) is 5.32 Å². The molecule has 4 heteroatoms. The zero-order chi connectivity index (χ0) is 7.56. The summed E-state index contributed by atoms with van der Waals surface area (Å²) in [4.78, 5) is 13.1. The first-order valence-corrected chi connectivity index (χ1v) is 3.78. The van der Waals surface area contributed by atoms with Crippen molar-refractivity contribution in [3.8, 4) is 0 Å². The van der Waals surface area contributed by atoms with E-state index < -0.39 is 0 Å². The Labute approximate surface area is 73.5 Å². The summed E-state index contributed by atoms with van der Waals surface area (Å²) in [6, 6.07) is 0.0219. The van der Waals surface area contributed by atoms with E-state index in [-0.39, 0.29) is 24.4 Å². The van der Waals surface area contributed by atoms with Gasteiger partial charge in [-0.15, -0.1) is 12.4 Å². The van der Waals surface area contributed by atoms with Crippen molar-refractivity contribution >= 4 is 18.3 Å². The van der Waals surface area contributed by atoms with Crippen LogP contribution in [0.3, 0.4) is 0 Å². The third-order valence-electron chi connectivity index (χ3n) is 1.90. The maximum Gasteiger partial charge on any atom is 0.239 e. The number of hydrogen-bond acceptors (Lipinski definition) is 2. The van der Waals surface area contributed by atoms with Crippen LogP contribution in [0.1, 0.15) is 13.8 Å². The van der Waals surface area contributed by atoms with E-state index in [1.54, 1.807) is 0 Å². The third kappa shape index (κ3) is 2.34. The van der Waals surface area contributed by atoms with E-state index in [1.165, 1.54) is 0 Å². The molecule has 66 valence electrons. The molecule has 1 heterocycles. The van der Waals surface area contributed by atoms with E-state index in [0.29, 0.717) is 0 Å². The first-order chi connectivity index (χ1) is 4.75. The molecule has 0 unspecified atom stereocenters. The molecule has 0 aromatic rings. The van der Waals surface area contributed by atoms with Gasteiger partial charge in [0.05, 0.1) is 6.04 Å². The Morgan fingerprint density at radius 3 is 2.82 bits per heavy atom. The average molecular weight is 179 g/mol. The first kappa shape index (κ1) is 10.7. The molecule has 1 amide bonds.